The first-order valence-electron chi connectivity index (χ1n) is 7.92. The smallest absolute Gasteiger partial charge is 0.387 e. The fraction of sp³-hybridized carbons (Fsp3) is 0.111. The number of nitrogens with one attached hydrogen (secondary N) is 1. The molecule has 3 rings (SSSR count). The highest BCUT2D eigenvalue weighted by Crippen LogP contribution is 2.33. The molecule has 10 heteroatoms. The van der Waals surface area contributed by atoms with Crippen molar-refractivity contribution in [3.8, 4) is 17.0 Å². The SMILES string of the molecule is Cc1c(C(=O)Nc2nc(-c3ccccc3OC(F)F)cs2)cccc1[N+](=O)[O-]. The van der Waals surface area contributed by atoms with Gasteiger partial charge in [-0.3, -0.25) is 20.2 Å². The summed E-state index contributed by atoms with van der Waals surface area (Å²) in [6.07, 6.45) is 0. The maximum Gasteiger partial charge on any atom is 0.387 e. The van der Waals surface area contributed by atoms with E-state index in [4.69, 9.17) is 0 Å². The molecule has 0 saturated carbocycles. The van der Waals surface area contributed by atoms with E-state index in [1.165, 1.54) is 31.2 Å². The van der Waals surface area contributed by atoms with Gasteiger partial charge in [0, 0.05) is 28.1 Å². The standard InChI is InChI=1S/C18H13F2N3O4S/c1-10-11(6-4-7-14(10)23(25)26)16(24)22-18-21-13(9-28-18)12-5-2-3-8-15(12)27-17(19)20/h2-9,17H,1H3,(H,21,22,24). The molecular formula is C18H13F2N3O4S. The van der Waals surface area contributed by atoms with Gasteiger partial charge in [-0.2, -0.15) is 8.78 Å². The van der Waals surface area contributed by atoms with Gasteiger partial charge in [-0.25, -0.2) is 4.98 Å². The first kappa shape index (κ1) is 19.4. The van der Waals surface area contributed by atoms with E-state index in [0.717, 1.165) is 11.3 Å². The van der Waals surface area contributed by atoms with Crippen LogP contribution in [0.3, 0.4) is 0 Å². The molecule has 0 saturated heterocycles. The molecule has 3 aromatic rings. The normalized spacial score (nSPS) is 10.7. The van der Waals surface area contributed by atoms with E-state index in [9.17, 15) is 23.7 Å². The summed E-state index contributed by atoms with van der Waals surface area (Å²) in [5.74, 6) is -0.588. The van der Waals surface area contributed by atoms with Crippen molar-refractivity contribution < 1.29 is 23.2 Å². The molecule has 1 N–H and O–H groups in total. The molecule has 0 radical (unpaired) electrons. The first-order chi connectivity index (χ1) is 13.4. The second-order valence-corrected chi connectivity index (χ2v) is 6.43. The number of para-hydroxylation sites is 1. The third-order valence-electron chi connectivity index (χ3n) is 3.85. The zero-order chi connectivity index (χ0) is 20.3. The summed E-state index contributed by atoms with van der Waals surface area (Å²) in [5, 5.41) is 15.4. The molecule has 1 amide bonds. The van der Waals surface area contributed by atoms with Gasteiger partial charge in [-0.1, -0.05) is 18.2 Å². The first-order valence-corrected chi connectivity index (χ1v) is 8.80. The number of carbonyl (C=O) groups excluding carboxylic acids is 1. The number of nitro groups is 1. The minimum Gasteiger partial charge on any atom is -0.434 e. The Kier molecular flexibility index (Phi) is 5.59. The van der Waals surface area contributed by atoms with Crippen LogP contribution >= 0.6 is 11.3 Å². The van der Waals surface area contributed by atoms with Crippen molar-refractivity contribution in [1.29, 1.82) is 0 Å². The van der Waals surface area contributed by atoms with Crippen LogP contribution in [0.2, 0.25) is 0 Å². The predicted molar refractivity (Wildman–Crippen MR) is 100.0 cm³/mol. The van der Waals surface area contributed by atoms with Crippen molar-refractivity contribution in [2.45, 2.75) is 13.5 Å². The Labute approximate surface area is 161 Å². The Balaban J connectivity index is 1.84. The van der Waals surface area contributed by atoms with Gasteiger partial charge in [-0.15, -0.1) is 11.3 Å². The number of aromatic nitrogens is 1. The topological polar surface area (TPSA) is 94.4 Å². The number of nitrogens with zero attached hydrogens (tertiary/aromatic N) is 2. The van der Waals surface area contributed by atoms with Crippen molar-refractivity contribution in [2.24, 2.45) is 0 Å². The molecule has 2 aromatic carbocycles. The Morgan fingerprint density at radius 2 is 2.00 bits per heavy atom. The molecule has 1 aromatic heterocycles. The Morgan fingerprint density at radius 3 is 2.71 bits per heavy atom. The summed E-state index contributed by atoms with van der Waals surface area (Å²) in [7, 11) is 0. The predicted octanol–water partition coefficient (Wildman–Crippen LogP) is 4.88. The van der Waals surface area contributed by atoms with Gasteiger partial charge in [-0.05, 0) is 25.1 Å². The lowest BCUT2D eigenvalue weighted by Gasteiger charge is -2.08. The monoisotopic (exact) mass is 405 g/mol. The van der Waals surface area contributed by atoms with Crippen LogP contribution in [-0.4, -0.2) is 22.4 Å². The number of nitro benzene ring substituents is 1. The van der Waals surface area contributed by atoms with Crippen LogP contribution in [0, 0.1) is 17.0 Å². The second kappa shape index (κ2) is 8.09. The highest BCUT2D eigenvalue weighted by molar-refractivity contribution is 7.14. The zero-order valence-electron chi connectivity index (χ0n) is 14.4. The average molecular weight is 405 g/mol. The lowest BCUT2D eigenvalue weighted by molar-refractivity contribution is -0.385. The van der Waals surface area contributed by atoms with E-state index in [1.54, 1.807) is 23.6 Å². The molecule has 144 valence electrons. The van der Waals surface area contributed by atoms with Crippen LogP contribution in [0.4, 0.5) is 19.6 Å². The lowest BCUT2D eigenvalue weighted by Crippen LogP contribution is -2.14. The molecule has 7 nitrogen and oxygen atoms in total. The molecule has 0 fully saturated rings. The van der Waals surface area contributed by atoms with Crippen molar-refractivity contribution in [3.05, 3.63) is 69.1 Å². The number of thiazole rings is 1. The van der Waals surface area contributed by atoms with Crippen molar-refractivity contribution in [3.63, 3.8) is 0 Å². The summed E-state index contributed by atoms with van der Waals surface area (Å²) >= 11 is 1.09. The van der Waals surface area contributed by atoms with Crippen LogP contribution in [-0.2, 0) is 0 Å². The van der Waals surface area contributed by atoms with Crippen LogP contribution in [0.15, 0.2) is 47.8 Å². The largest absolute Gasteiger partial charge is 0.434 e. The number of anilines is 1. The highest BCUT2D eigenvalue weighted by atomic mass is 32.1. The van der Waals surface area contributed by atoms with Gasteiger partial charge in [0.05, 0.1) is 10.6 Å². The molecule has 0 aliphatic carbocycles. The molecule has 0 aliphatic heterocycles. The number of hydrogen-bond acceptors (Lipinski definition) is 6. The zero-order valence-corrected chi connectivity index (χ0v) is 15.2. The fourth-order valence-electron chi connectivity index (χ4n) is 2.56. The third-order valence-corrected chi connectivity index (χ3v) is 4.61. The van der Waals surface area contributed by atoms with Crippen LogP contribution in [0.25, 0.3) is 11.3 Å². The molecule has 28 heavy (non-hydrogen) atoms. The van der Waals surface area contributed by atoms with Crippen LogP contribution in [0.5, 0.6) is 5.75 Å². The lowest BCUT2D eigenvalue weighted by atomic mass is 10.1. The molecule has 0 bridgehead atoms. The number of benzene rings is 2. The van der Waals surface area contributed by atoms with E-state index in [1.807, 2.05) is 0 Å². The quantitative estimate of drug-likeness (QED) is 0.466. The van der Waals surface area contributed by atoms with E-state index in [2.05, 4.69) is 15.0 Å². The number of rotatable bonds is 6. The van der Waals surface area contributed by atoms with Crippen molar-refractivity contribution in [1.82, 2.24) is 4.98 Å². The second-order valence-electron chi connectivity index (χ2n) is 5.57. The van der Waals surface area contributed by atoms with Gasteiger partial charge in [0.1, 0.15) is 5.75 Å². The number of hydrogen-bond donors (Lipinski definition) is 1. The van der Waals surface area contributed by atoms with E-state index in [0.29, 0.717) is 11.3 Å². The Morgan fingerprint density at radius 1 is 1.25 bits per heavy atom. The fourth-order valence-corrected chi connectivity index (χ4v) is 3.27. The van der Waals surface area contributed by atoms with Gasteiger partial charge >= 0.3 is 6.61 Å². The summed E-state index contributed by atoms with van der Waals surface area (Å²) < 4.78 is 29.6. The van der Waals surface area contributed by atoms with Gasteiger partial charge in [0.15, 0.2) is 5.13 Å². The van der Waals surface area contributed by atoms with Crippen LogP contribution < -0.4 is 10.1 Å². The molecule has 0 spiro atoms. The number of alkyl halides is 2. The van der Waals surface area contributed by atoms with Gasteiger partial charge in [0.2, 0.25) is 0 Å². The average Bonchev–Trinajstić information content (AvgIpc) is 3.09. The molecule has 0 atom stereocenters. The van der Waals surface area contributed by atoms with E-state index in [-0.39, 0.29) is 27.7 Å². The number of carbonyl (C=O) groups is 1. The summed E-state index contributed by atoms with van der Waals surface area (Å²) in [6.45, 7) is -1.49. The summed E-state index contributed by atoms with van der Waals surface area (Å²) in [6, 6.07) is 10.4. The minimum atomic E-state index is -2.98. The van der Waals surface area contributed by atoms with E-state index < -0.39 is 17.4 Å². The Hall–Kier alpha value is -3.40. The minimum absolute atomic E-state index is 0.0322. The third kappa shape index (κ3) is 4.12. The highest BCUT2D eigenvalue weighted by Gasteiger charge is 2.19. The van der Waals surface area contributed by atoms with Gasteiger partial charge < -0.3 is 4.74 Å². The Bertz CT molecular complexity index is 1040. The van der Waals surface area contributed by atoms with Gasteiger partial charge in [0.25, 0.3) is 11.6 Å². The summed E-state index contributed by atoms with van der Waals surface area (Å²) in [5.41, 5.74) is 0.925. The van der Waals surface area contributed by atoms with E-state index >= 15 is 0 Å². The molecule has 1 heterocycles. The molecule has 0 unspecified atom stereocenters. The molecular weight excluding hydrogens is 392 g/mol. The maximum absolute atomic E-state index is 12.6. The number of amides is 1. The summed E-state index contributed by atoms with van der Waals surface area (Å²) in [4.78, 5) is 27.2. The van der Waals surface area contributed by atoms with Crippen molar-refractivity contribution >= 4 is 28.1 Å². The number of ether oxygens (including phenoxy) is 1. The maximum atomic E-state index is 12.6. The number of halogens is 2. The molecule has 0 aliphatic rings. The van der Waals surface area contributed by atoms with Crippen molar-refractivity contribution in [2.75, 3.05) is 5.32 Å². The van der Waals surface area contributed by atoms with Crippen LogP contribution in [0.1, 0.15) is 15.9 Å².